The zero-order chi connectivity index (χ0) is 13.4. The van der Waals surface area contributed by atoms with Gasteiger partial charge in [-0.05, 0) is 36.9 Å². The van der Waals surface area contributed by atoms with E-state index in [-0.39, 0.29) is 0 Å². The van der Waals surface area contributed by atoms with Crippen LogP contribution in [0, 0.1) is 0 Å². The second-order valence-electron chi connectivity index (χ2n) is 5.03. The van der Waals surface area contributed by atoms with Crippen molar-refractivity contribution in [1.82, 2.24) is 20.4 Å². The van der Waals surface area contributed by atoms with E-state index in [1.807, 2.05) is 17.6 Å². The highest BCUT2D eigenvalue weighted by atomic mass is 32.1. The first kappa shape index (κ1) is 12.0. The normalized spacial score (nSPS) is 19.5. The van der Waals surface area contributed by atoms with Gasteiger partial charge >= 0.3 is 0 Å². The molecule has 0 radical (unpaired) electrons. The van der Waals surface area contributed by atoms with Gasteiger partial charge < -0.3 is 9.84 Å². The van der Waals surface area contributed by atoms with E-state index >= 15 is 0 Å². The van der Waals surface area contributed by atoms with Gasteiger partial charge in [0.25, 0.3) is 0 Å². The van der Waals surface area contributed by atoms with Crippen molar-refractivity contribution in [3.05, 3.63) is 29.6 Å². The Kier molecular flexibility index (Phi) is 2.97. The molecule has 4 heterocycles. The quantitative estimate of drug-likeness (QED) is 0.784. The Morgan fingerprint density at radius 3 is 3.30 bits per heavy atom. The molecule has 1 atom stereocenters. The summed E-state index contributed by atoms with van der Waals surface area (Å²) < 4.78 is 6.57. The molecule has 1 aliphatic rings. The summed E-state index contributed by atoms with van der Waals surface area (Å²) >= 11 is 1.67. The Bertz CT molecular complexity index is 729. The van der Waals surface area contributed by atoms with Crippen molar-refractivity contribution in [2.75, 3.05) is 13.1 Å². The Labute approximate surface area is 120 Å². The van der Waals surface area contributed by atoms with Gasteiger partial charge in [0.15, 0.2) is 0 Å². The lowest BCUT2D eigenvalue weighted by molar-refractivity contribution is 0.322. The molecule has 0 aliphatic carbocycles. The number of fused-ring (bicyclic) bond motifs is 1. The zero-order valence-electron chi connectivity index (χ0n) is 10.9. The van der Waals surface area contributed by atoms with Gasteiger partial charge in [-0.3, -0.25) is 4.98 Å². The molecule has 4 rings (SSSR count). The highest BCUT2D eigenvalue weighted by molar-refractivity contribution is 7.17. The van der Waals surface area contributed by atoms with Crippen LogP contribution in [0.4, 0.5) is 0 Å². The first-order valence-electron chi connectivity index (χ1n) is 6.78. The van der Waals surface area contributed by atoms with Crippen LogP contribution in [0.1, 0.15) is 24.7 Å². The van der Waals surface area contributed by atoms with Crippen molar-refractivity contribution < 1.29 is 4.52 Å². The third kappa shape index (κ3) is 2.10. The molecule has 0 spiro atoms. The largest absolute Gasteiger partial charge is 0.339 e. The Hall–Kier alpha value is -1.79. The second kappa shape index (κ2) is 4.96. The van der Waals surface area contributed by atoms with Gasteiger partial charge in [-0.25, -0.2) is 0 Å². The number of rotatable bonds is 2. The van der Waals surface area contributed by atoms with Gasteiger partial charge in [0.2, 0.25) is 11.7 Å². The van der Waals surface area contributed by atoms with Crippen LogP contribution in [0.25, 0.3) is 21.6 Å². The van der Waals surface area contributed by atoms with E-state index in [0.29, 0.717) is 11.7 Å². The van der Waals surface area contributed by atoms with E-state index in [0.717, 1.165) is 47.6 Å². The summed E-state index contributed by atoms with van der Waals surface area (Å²) in [5, 5.41) is 9.51. The van der Waals surface area contributed by atoms with E-state index in [1.54, 1.807) is 11.3 Å². The number of hydrogen-bond acceptors (Lipinski definition) is 6. The van der Waals surface area contributed by atoms with Gasteiger partial charge in [0.05, 0.1) is 16.1 Å². The second-order valence-corrected chi connectivity index (χ2v) is 5.98. The first-order valence-corrected chi connectivity index (χ1v) is 7.66. The fourth-order valence-corrected chi connectivity index (χ4v) is 3.33. The van der Waals surface area contributed by atoms with E-state index in [9.17, 15) is 0 Å². The maximum atomic E-state index is 5.43. The van der Waals surface area contributed by atoms with Gasteiger partial charge in [-0.1, -0.05) is 5.16 Å². The molecular weight excluding hydrogens is 272 g/mol. The number of piperidine rings is 1. The molecule has 0 amide bonds. The third-order valence-electron chi connectivity index (χ3n) is 3.65. The minimum absolute atomic E-state index is 0.337. The maximum absolute atomic E-state index is 5.43. The van der Waals surface area contributed by atoms with Gasteiger partial charge in [-0.2, -0.15) is 4.98 Å². The minimum atomic E-state index is 0.337. The molecule has 1 saturated heterocycles. The molecule has 1 fully saturated rings. The molecule has 3 aromatic heterocycles. The van der Waals surface area contributed by atoms with Crippen LogP contribution >= 0.6 is 11.3 Å². The highest BCUT2D eigenvalue weighted by Crippen LogP contribution is 2.27. The number of pyridine rings is 1. The average Bonchev–Trinajstić information content (AvgIpc) is 3.16. The molecule has 1 N–H and O–H groups in total. The molecule has 5 nitrogen and oxygen atoms in total. The smallest absolute Gasteiger partial charge is 0.231 e. The van der Waals surface area contributed by atoms with E-state index in [4.69, 9.17) is 4.52 Å². The summed E-state index contributed by atoms with van der Waals surface area (Å²) in [5.74, 6) is 1.70. The lowest BCUT2D eigenvalue weighted by Gasteiger charge is -2.18. The van der Waals surface area contributed by atoms with Crippen molar-refractivity contribution in [3.8, 4) is 11.4 Å². The van der Waals surface area contributed by atoms with Crippen molar-refractivity contribution in [1.29, 1.82) is 0 Å². The first-order chi connectivity index (χ1) is 9.90. The Morgan fingerprint density at radius 1 is 1.40 bits per heavy atom. The van der Waals surface area contributed by atoms with Crippen LogP contribution in [0.2, 0.25) is 0 Å². The van der Waals surface area contributed by atoms with Gasteiger partial charge in [0.1, 0.15) is 0 Å². The predicted molar refractivity (Wildman–Crippen MR) is 77.8 cm³/mol. The van der Waals surface area contributed by atoms with E-state index in [2.05, 4.69) is 26.5 Å². The molecule has 6 heteroatoms. The van der Waals surface area contributed by atoms with Crippen molar-refractivity contribution >= 4 is 21.6 Å². The molecule has 0 aromatic carbocycles. The van der Waals surface area contributed by atoms with E-state index in [1.165, 1.54) is 0 Å². The standard InChI is InChI=1S/C14H14N4OS/c1-2-9(7-15-4-1)14-17-13(18-19-14)10-6-12-11(16-8-10)3-5-20-12/h3,5-6,8-9,15H,1-2,4,7H2/t9-/m0/s1. The zero-order valence-corrected chi connectivity index (χ0v) is 11.7. The number of aromatic nitrogens is 3. The molecule has 20 heavy (non-hydrogen) atoms. The third-order valence-corrected chi connectivity index (χ3v) is 4.50. The molecule has 3 aromatic rings. The van der Waals surface area contributed by atoms with Crippen molar-refractivity contribution in [3.63, 3.8) is 0 Å². The Morgan fingerprint density at radius 2 is 2.40 bits per heavy atom. The van der Waals surface area contributed by atoms with Crippen LogP contribution in [0.5, 0.6) is 0 Å². The summed E-state index contributed by atoms with van der Waals surface area (Å²) in [5.41, 5.74) is 1.93. The molecule has 1 aliphatic heterocycles. The summed E-state index contributed by atoms with van der Waals surface area (Å²) in [6, 6.07) is 4.08. The molecule has 0 saturated carbocycles. The van der Waals surface area contributed by atoms with Crippen LogP contribution < -0.4 is 5.32 Å². The van der Waals surface area contributed by atoms with Gasteiger partial charge in [0, 0.05) is 18.3 Å². The average molecular weight is 286 g/mol. The summed E-state index contributed by atoms with van der Waals surface area (Å²) in [7, 11) is 0. The maximum Gasteiger partial charge on any atom is 0.231 e. The van der Waals surface area contributed by atoms with Crippen molar-refractivity contribution in [2.24, 2.45) is 0 Å². The fourth-order valence-electron chi connectivity index (χ4n) is 2.55. The lowest BCUT2D eigenvalue weighted by Crippen LogP contribution is -2.28. The monoisotopic (exact) mass is 286 g/mol. The number of nitrogens with zero attached hydrogens (tertiary/aromatic N) is 3. The van der Waals surface area contributed by atoms with Crippen LogP contribution in [0.3, 0.4) is 0 Å². The Balaban J connectivity index is 1.66. The van der Waals surface area contributed by atoms with Crippen LogP contribution in [0.15, 0.2) is 28.2 Å². The number of hydrogen-bond donors (Lipinski definition) is 1. The molecule has 0 bridgehead atoms. The summed E-state index contributed by atoms with van der Waals surface area (Å²) in [6.07, 6.45) is 4.07. The predicted octanol–water partition coefficient (Wildman–Crippen LogP) is 2.81. The van der Waals surface area contributed by atoms with E-state index < -0.39 is 0 Å². The highest BCUT2D eigenvalue weighted by Gasteiger charge is 2.21. The number of thiophene rings is 1. The molecule has 0 unspecified atom stereocenters. The number of nitrogens with one attached hydrogen (secondary N) is 1. The van der Waals surface area contributed by atoms with Crippen LogP contribution in [-0.4, -0.2) is 28.2 Å². The summed E-state index contributed by atoms with van der Waals surface area (Å²) in [4.78, 5) is 8.96. The van der Waals surface area contributed by atoms with Crippen LogP contribution in [-0.2, 0) is 0 Å². The molecular formula is C14H14N4OS. The molecule has 102 valence electrons. The lowest BCUT2D eigenvalue weighted by atomic mass is 10.00. The topological polar surface area (TPSA) is 63.8 Å². The van der Waals surface area contributed by atoms with Gasteiger partial charge in [-0.15, -0.1) is 11.3 Å². The van der Waals surface area contributed by atoms with Crippen molar-refractivity contribution in [2.45, 2.75) is 18.8 Å². The SMILES string of the molecule is c1cc2ncc(-c3noc([C@H]4CCCNC4)n3)cc2s1. The minimum Gasteiger partial charge on any atom is -0.339 e. The fraction of sp³-hybridized carbons (Fsp3) is 0.357. The summed E-state index contributed by atoms with van der Waals surface area (Å²) in [6.45, 7) is 2.00.